The number of aromatic nitrogens is 1. The maximum absolute atomic E-state index is 11.9. The molecule has 2 amide bonds. The van der Waals surface area contributed by atoms with Gasteiger partial charge in [0.25, 0.3) is 0 Å². The molecule has 0 spiro atoms. The molecule has 0 radical (unpaired) electrons. The van der Waals surface area contributed by atoms with Crippen molar-refractivity contribution in [3.63, 3.8) is 0 Å². The minimum absolute atomic E-state index is 0.314. The Morgan fingerprint density at radius 2 is 1.92 bits per heavy atom. The number of carbonyl (C=O) groups excluding carboxylic acids is 1. The van der Waals surface area contributed by atoms with E-state index in [4.69, 9.17) is 9.47 Å². The van der Waals surface area contributed by atoms with Gasteiger partial charge in [-0.15, -0.1) is 22.7 Å². The Morgan fingerprint density at radius 1 is 1.08 bits per heavy atom. The van der Waals surface area contributed by atoms with Gasteiger partial charge in [0.1, 0.15) is 0 Å². The molecule has 2 aromatic heterocycles. The number of ether oxygens (including phenoxy) is 2. The molecule has 3 aromatic rings. The van der Waals surface area contributed by atoms with E-state index in [0.29, 0.717) is 16.6 Å². The second-order valence-electron chi connectivity index (χ2n) is 4.66. The third-order valence-electron chi connectivity index (χ3n) is 3.16. The van der Waals surface area contributed by atoms with Gasteiger partial charge in [-0.2, -0.15) is 0 Å². The number of urea groups is 1. The van der Waals surface area contributed by atoms with Gasteiger partial charge in [-0.05, 0) is 35.7 Å². The van der Waals surface area contributed by atoms with Crippen LogP contribution in [0.25, 0.3) is 11.3 Å². The average Bonchev–Trinajstić information content (AvgIpc) is 3.26. The minimum Gasteiger partial charge on any atom is -0.493 e. The fourth-order valence-corrected chi connectivity index (χ4v) is 3.38. The molecule has 0 fully saturated rings. The molecule has 1 aromatic carbocycles. The lowest BCUT2D eigenvalue weighted by molar-refractivity contribution is 0.262. The monoisotopic (exact) mass is 361 g/mol. The maximum Gasteiger partial charge on any atom is 0.326 e. The molecule has 0 unspecified atom stereocenters. The summed E-state index contributed by atoms with van der Waals surface area (Å²) in [5, 5.41) is 10.6. The highest BCUT2D eigenvalue weighted by Gasteiger charge is 2.11. The molecule has 2 heterocycles. The van der Waals surface area contributed by atoms with Gasteiger partial charge in [0.2, 0.25) is 0 Å². The van der Waals surface area contributed by atoms with E-state index in [-0.39, 0.29) is 6.03 Å². The summed E-state index contributed by atoms with van der Waals surface area (Å²) < 4.78 is 10.5. The molecule has 0 aliphatic heterocycles. The highest BCUT2D eigenvalue weighted by molar-refractivity contribution is 7.14. The van der Waals surface area contributed by atoms with Crippen molar-refractivity contribution in [2.24, 2.45) is 0 Å². The molecule has 3 rings (SSSR count). The number of nitrogens with one attached hydrogen (secondary N) is 2. The van der Waals surface area contributed by atoms with Crippen molar-refractivity contribution in [3.8, 4) is 22.8 Å². The van der Waals surface area contributed by atoms with Gasteiger partial charge in [-0.25, -0.2) is 9.78 Å². The number of anilines is 2. The Bertz CT molecular complexity index is 831. The number of methoxy groups -OCH3 is 2. The van der Waals surface area contributed by atoms with Crippen molar-refractivity contribution in [2.45, 2.75) is 0 Å². The molecular weight excluding hydrogens is 346 g/mol. The van der Waals surface area contributed by atoms with Gasteiger partial charge in [0.05, 0.1) is 24.9 Å². The van der Waals surface area contributed by atoms with Crippen LogP contribution in [0.2, 0.25) is 0 Å². The van der Waals surface area contributed by atoms with Crippen LogP contribution in [0.1, 0.15) is 0 Å². The molecule has 8 heteroatoms. The van der Waals surface area contributed by atoms with Crippen LogP contribution in [0, 0.1) is 0 Å². The van der Waals surface area contributed by atoms with Crippen LogP contribution >= 0.6 is 22.7 Å². The first-order valence-electron chi connectivity index (χ1n) is 6.99. The standard InChI is InChI=1S/C16H15N3O3S2/c1-21-12-6-5-10(8-13(12)22-2)11-9-24-16(17-11)19-15(20)18-14-4-3-7-23-14/h3-9H,1-2H3,(H2,17,18,19,20). The van der Waals surface area contributed by atoms with E-state index in [9.17, 15) is 4.79 Å². The van der Waals surface area contributed by atoms with E-state index in [2.05, 4.69) is 15.6 Å². The molecule has 0 atom stereocenters. The Hall–Kier alpha value is -2.58. The van der Waals surface area contributed by atoms with Crippen LogP contribution in [0.3, 0.4) is 0 Å². The van der Waals surface area contributed by atoms with Crippen LogP contribution in [0.5, 0.6) is 11.5 Å². The molecular formula is C16H15N3O3S2. The molecule has 0 aliphatic carbocycles. The van der Waals surface area contributed by atoms with Crippen molar-refractivity contribution >= 4 is 38.8 Å². The van der Waals surface area contributed by atoms with Gasteiger partial charge >= 0.3 is 6.03 Å². The molecule has 0 aliphatic rings. The zero-order valence-electron chi connectivity index (χ0n) is 13.0. The number of thiophene rings is 1. The fraction of sp³-hybridized carbons (Fsp3) is 0.125. The first kappa shape index (κ1) is 16.3. The zero-order valence-corrected chi connectivity index (χ0v) is 14.7. The maximum atomic E-state index is 11.9. The first-order chi connectivity index (χ1) is 11.7. The lowest BCUT2D eigenvalue weighted by Gasteiger charge is -2.08. The highest BCUT2D eigenvalue weighted by atomic mass is 32.1. The summed E-state index contributed by atoms with van der Waals surface area (Å²) in [6.45, 7) is 0. The Balaban J connectivity index is 1.72. The number of thiazole rings is 1. The number of amides is 2. The van der Waals surface area contributed by atoms with E-state index in [1.807, 2.05) is 41.1 Å². The molecule has 0 saturated carbocycles. The summed E-state index contributed by atoms with van der Waals surface area (Å²) in [4.78, 5) is 16.4. The van der Waals surface area contributed by atoms with Gasteiger partial charge < -0.3 is 9.47 Å². The van der Waals surface area contributed by atoms with Gasteiger partial charge in [0, 0.05) is 10.9 Å². The fourth-order valence-electron chi connectivity index (χ4n) is 2.05. The van der Waals surface area contributed by atoms with E-state index in [1.165, 1.54) is 22.7 Å². The van der Waals surface area contributed by atoms with Crippen molar-refractivity contribution in [1.29, 1.82) is 0 Å². The predicted octanol–water partition coefficient (Wildman–Crippen LogP) is 4.53. The number of carbonyl (C=O) groups is 1. The number of benzene rings is 1. The number of rotatable bonds is 5. The highest BCUT2D eigenvalue weighted by Crippen LogP contribution is 2.33. The SMILES string of the molecule is COc1ccc(-c2csc(NC(=O)Nc3cccs3)n2)cc1OC. The number of hydrogen-bond acceptors (Lipinski definition) is 6. The molecule has 0 saturated heterocycles. The average molecular weight is 361 g/mol. The predicted molar refractivity (Wildman–Crippen MR) is 97.6 cm³/mol. The van der Waals surface area contributed by atoms with E-state index >= 15 is 0 Å². The van der Waals surface area contributed by atoms with E-state index in [1.54, 1.807) is 14.2 Å². The summed E-state index contributed by atoms with van der Waals surface area (Å²) in [5.74, 6) is 1.29. The lowest BCUT2D eigenvalue weighted by atomic mass is 10.1. The summed E-state index contributed by atoms with van der Waals surface area (Å²) in [6.07, 6.45) is 0. The van der Waals surface area contributed by atoms with Crippen LogP contribution in [-0.4, -0.2) is 25.2 Å². The normalized spacial score (nSPS) is 10.2. The van der Waals surface area contributed by atoms with Gasteiger partial charge in [0.15, 0.2) is 16.6 Å². The smallest absolute Gasteiger partial charge is 0.326 e. The second-order valence-corrected chi connectivity index (χ2v) is 6.47. The zero-order chi connectivity index (χ0) is 16.9. The topological polar surface area (TPSA) is 72.5 Å². The summed E-state index contributed by atoms with van der Waals surface area (Å²) >= 11 is 2.81. The van der Waals surface area contributed by atoms with Crippen molar-refractivity contribution in [1.82, 2.24) is 4.98 Å². The second kappa shape index (κ2) is 7.33. The molecule has 2 N–H and O–H groups in total. The summed E-state index contributed by atoms with van der Waals surface area (Å²) in [5.41, 5.74) is 1.64. The van der Waals surface area contributed by atoms with E-state index in [0.717, 1.165) is 16.3 Å². The van der Waals surface area contributed by atoms with E-state index < -0.39 is 0 Å². The lowest BCUT2D eigenvalue weighted by Crippen LogP contribution is -2.18. The summed E-state index contributed by atoms with van der Waals surface area (Å²) in [7, 11) is 3.18. The Morgan fingerprint density at radius 3 is 2.62 bits per heavy atom. The largest absolute Gasteiger partial charge is 0.493 e. The van der Waals surface area contributed by atoms with Gasteiger partial charge in [-0.3, -0.25) is 10.6 Å². The Labute approximate surface area is 147 Å². The molecule has 6 nitrogen and oxygen atoms in total. The Kier molecular flexibility index (Phi) is 4.97. The number of hydrogen-bond donors (Lipinski definition) is 2. The minimum atomic E-state index is -0.314. The molecule has 24 heavy (non-hydrogen) atoms. The third kappa shape index (κ3) is 3.66. The third-order valence-corrected chi connectivity index (χ3v) is 4.70. The summed E-state index contributed by atoms with van der Waals surface area (Å²) in [6, 6.07) is 8.96. The van der Waals surface area contributed by atoms with Crippen molar-refractivity contribution < 1.29 is 14.3 Å². The van der Waals surface area contributed by atoms with Crippen molar-refractivity contribution in [2.75, 3.05) is 24.9 Å². The van der Waals surface area contributed by atoms with Crippen LogP contribution in [0.15, 0.2) is 41.1 Å². The van der Waals surface area contributed by atoms with Crippen molar-refractivity contribution in [3.05, 3.63) is 41.1 Å². The first-order valence-corrected chi connectivity index (χ1v) is 8.75. The van der Waals surface area contributed by atoms with Crippen LogP contribution in [-0.2, 0) is 0 Å². The molecule has 124 valence electrons. The quantitative estimate of drug-likeness (QED) is 0.700. The van der Waals surface area contributed by atoms with Crippen LogP contribution < -0.4 is 20.1 Å². The van der Waals surface area contributed by atoms with Gasteiger partial charge in [-0.1, -0.05) is 0 Å². The molecule has 0 bridgehead atoms. The van der Waals surface area contributed by atoms with Crippen LogP contribution in [0.4, 0.5) is 14.9 Å². The number of nitrogens with zero attached hydrogens (tertiary/aromatic N) is 1.